The number of hydrogen-bond donors (Lipinski definition) is 0. The van der Waals surface area contributed by atoms with Crippen LogP contribution in [0.5, 0.6) is 0 Å². The number of phosphoric ester groups is 2. The molecule has 0 aromatic heterocycles. The summed E-state index contributed by atoms with van der Waals surface area (Å²) >= 11 is 0. The highest BCUT2D eigenvalue weighted by molar-refractivity contribution is 7.46. The van der Waals surface area contributed by atoms with E-state index in [9.17, 15) is 18.9 Å². The van der Waals surface area contributed by atoms with Crippen LogP contribution in [-0.2, 0) is 27.2 Å². The van der Waals surface area contributed by atoms with E-state index in [0.717, 1.165) is 86.5 Å². The highest BCUT2D eigenvalue weighted by atomic mass is 31.2. The zero-order valence-corrected chi connectivity index (χ0v) is 45.4. The standard InChI is InChI=1S/C50H108N4O8P2/c1-51(2)41-39-43-53(5,6)45-49-61-63(55,56)59-47-37-35-33-31-29-27-25-23-21-19-17-15-13-11-9-10-12-14-16-18-20-22-24-26-28-30-32-34-36-38-48-60-64(57,58)62-50-46-54(7,8)44-40-42-52(3)4/h9-50H2,1-8H3. The molecule has 0 heterocycles. The van der Waals surface area contributed by atoms with E-state index in [1.165, 1.54) is 154 Å². The Balaban J connectivity index is 3.35. The topological polar surface area (TPSA) is 124 Å². The molecular weight excluding hydrogens is 847 g/mol. The summed E-state index contributed by atoms with van der Waals surface area (Å²) in [5.41, 5.74) is 0. The van der Waals surface area contributed by atoms with Gasteiger partial charge in [-0.1, -0.05) is 180 Å². The zero-order chi connectivity index (χ0) is 47.7. The van der Waals surface area contributed by atoms with Gasteiger partial charge in [-0.05, 0) is 41.0 Å². The molecule has 0 aliphatic rings. The van der Waals surface area contributed by atoms with E-state index < -0.39 is 15.6 Å². The molecule has 0 aliphatic heterocycles. The van der Waals surface area contributed by atoms with Crippen LogP contribution in [0.4, 0.5) is 0 Å². The summed E-state index contributed by atoms with van der Waals surface area (Å²) in [6, 6.07) is 0. The van der Waals surface area contributed by atoms with Crippen LogP contribution in [0.1, 0.15) is 205 Å². The largest absolute Gasteiger partial charge is 0.756 e. The first-order valence-electron chi connectivity index (χ1n) is 26.6. The Labute approximate surface area is 397 Å². The molecule has 0 amide bonds. The molecule has 0 aliphatic carbocycles. The summed E-state index contributed by atoms with van der Waals surface area (Å²) in [5, 5.41) is 0. The average molecular weight is 955 g/mol. The van der Waals surface area contributed by atoms with Crippen molar-refractivity contribution in [3.63, 3.8) is 0 Å². The summed E-state index contributed by atoms with van der Waals surface area (Å²) < 4.78 is 46.1. The van der Waals surface area contributed by atoms with Gasteiger partial charge in [0, 0.05) is 25.9 Å². The predicted octanol–water partition coefficient (Wildman–Crippen LogP) is 11.7. The van der Waals surface area contributed by atoms with Crippen molar-refractivity contribution >= 4 is 15.6 Å². The van der Waals surface area contributed by atoms with E-state index in [1.54, 1.807) is 0 Å². The molecule has 0 saturated heterocycles. The first-order valence-corrected chi connectivity index (χ1v) is 29.5. The molecule has 0 saturated carbocycles. The number of hydrogen-bond acceptors (Lipinski definition) is 10. The average Bonchev–Trinajstić information content (AvgIpc) is 3.20. The van der Waals surface area contributed by atoms with Crippen LogP contribution >= 0.6 is 15.6 Å². The van der Waals surface area contributed by atoms with Crippen molar-refractivity contribution in [2.45, 2.75) is 205 Å². The van der Waals surface area contributed by atoms with Crippen LogP contribution in [0, 0.1) is 0 Å². The molecule has 386 valence electrons. The highest BCUT2D eigenvalue weighted by Gasteiger charge is 2.19. The van der Waals surface area contributed by atoms with Crippen molar-refractivity contribution in [3.8, 4) is 0 Å². The molecule has 0 aromatic carbocycles. The number of likely N-dealkylation sites (N-methyl/N-ethyl adjacent to an activating group) is 2. The van der Waals surface area contributed by atoms with Gasteiger partial charge in [0.05, 0.1) is 54.5 Å². The second-order valence-corrected chi connectivity index (χ2v) is 23.7. The van der Waals surface area contributed by atoms with Gasteiger partial charge < -0.3 is 46.6 Å². The quantitative estimate of drug-likeness (QED) is 0.0331. The van der Waals surface area contributed by atoms with E-state index >= 15 is 0 Å². The van der Waals surface area contributed by atoms with Gasteiger partial charge in [-0.25, -0.2) is 0 Å². The third kappa shape index (κ3) is 48.5. The van der Waals surface area contributed by atoms with Gasteiger partial charge in [-0.15, -0.1) is 0 Å². The van der Waals surface area contributed by atoms with Crippen LogP contribution in [0.25, 0.3) is 0 Å². The number of rotatable bonds is 51. The monoisotopic (exact) mass is 955 g/mol. The van der Waals surface area contributed by atoms with Crippen molar-refractivity contribution < 1.29 is 46.0 Å². The minimum Gasteiger partial charge on any atom is -0.756 e. The molecule has 14 heteroatoms. The normalized spacial score (nSPS) is 14.5. The third-order valence-electron chi connectivity index (χ3n) is 12.7. The van der Waals surface area contributed by atoms with E-state index in [0.29, 0.717) is 13.1 Å². The number of quaternary nitrogens is 2. The van der Waals surface area contributed by atoms with Gasteiger partial charge in [0.25, 0.3) is 15.6 Å². The van der Waals surface area contributed by atoms with Gasteiger partial charge in [0.1, 0.15) is 26.3 Å². The summed E-state index contributed by atoms with van der Waals surface area (Å²) in [6.07, 6.45) is 40.7. The second kappa shape index (κ2) is 42.0. The molecule has 0 aromatic rings. The smallest absolute Gasteiger partial charge is 0.268 e. The Morgan fingerprint density at radius 1 is 0.312 bits per heavy atom. The first-order chi connectivity index (χ1) is 30.5. The summed E-state index contributed by atoms with van der Waals surface area (Å²) in [7, 11) is 8.26. The van der Waals surface area contributed by atoms with Crippen molar-refractivity contribution in [3.05, 3.63) is 0 Å². The lowest BCUT2D eigenvalue weighted by Gasteiger charge is -2.31. The van der Waals surface area contributed by atoms with E-state index in [-0.39, 0.29) is 26.4 Å². The lowest BCUT2D eigenvalue weighted by Crippen LogP contribution is -2.43. The van der Waals surface area contributed by atoms with Crippen LogP contribution < -0.4 is 9.79 Å². The van der Waals surface area contributed by atoms with Crippen LogP contribution in [0.15, 0.2) is 0 Å². The van der Waals surface area contributed by atoms with E-state index in [1.807, 2.05) is 0 Å². The Hall–Kier alpha value is 0.0600. The van der Waals surface area contributed by atoms with Gasteiger partial charge in [0.2, 0.25) is 0 Å². The molecule has 2 atom stereocenters. The van der Waals surface area contributed by atoms with Gasteiger partial charge in [-0.2, -0.15) is 0 Å². The summed E-state index contributed by atoms with van der Waals surface area (Å²) in [5.74, 6) is 0. The lowest BCUT2D eigenvalue weighted by atomic mass is 10.0. The highest BCUT2D eigenvalue weighted by Crippen LogP contribution is 2.39. The van der Waals surface area contributed by atoms with Gasteiger partial charge in [0.15, 0.2) is 0 Å². The van der Waals surface area contributed by atoms with Crippen molar-refractivity contribution in [2.24, 2.45) is 0 Å². The zero-order valence-electron chi connectivity index (χ0n) is 43.6. The predicted molar refractivity (Wildman–Crippen MR) is 268 cm³/mol. The van der Waals surface area contributed by atoms with Crippen LogP contribution in [-0.4, -0.2) is 141 Å². The molecular formula is C50H108N4O8P2. The van der Waals surface area contributed by atoms with E-state index in [2.05, 4.69) is 66.2 Å². The molecule has 0 radical (unpaired) electrons. The fourth-order valence-electron chi connectivity index (χ4n) is 8.23. The first kappa shape index (κ1) is 64.1. The summed E-state index contributed by atoms with van der Waals surface area (Å²) in [6.45, 7) is 6.09. The Bertz CT molecular complexity index is 1030. The minimum absolute atomic E-state index is 0.166. The second-order valence-electron chi connectivity index (χ2n) is 20.9. The van der Waals surface area contributed by atoms with Crippen molar-refractivity contribution in [1.29, 1.82) is 0 Å². The third-order valence-corrected chi connectivity index (χ3v) is 14.7. The van der Waals surface area contributed by atoms with Crippen LogP contribution in [0.2, 0.25) is 0 Å². The van der Waals surface area contributed by atoms with Crippen molar-refractivity contribution in [1.82, 2.24) is 9.80 Å². The molecule has 2 unspecified atom stereocenters. The molecule has 12 nitrogen and oxygen atoms in total. The maximum absolute atomic E-state index is 12.1. The fourth-order valence-corrected chi connectivity index (χ4v) is 9.70. The molecule has 0 N–H and O–H groups in total. The molecule has 0 spiro atoms. The lowest BCUT2D eigenvalue weighted by molar-refractivity contribution is -0.890. The number of unbranched alkanes of at least 4 members (excludes halogenated alkanes) is 29. The van der Waals surface area contributed by atoms with Gasteiger partial charge in [-0.3, -0.25) is 9.13 Å². The molecule has 0 rings (SSSR count). The van der Waals surface area contributed by atoms with Crippen LogP contribution in [0.3, 0.4) is 0 Å². The minimum atomic E-state index is -4.21. The number of nitrogens with zero attached hydrogens (tertiary/aromatic N) is 4. The molecule has 0 fully saturated rings. The summed E-state index contributed by atoms with van der Waals surface area (Å²) in [4.78, 5) is 28.5. The van der Waals surface area contributed by atoms with Crippen molar-refractivity contribution in [2.75, 3.05) is 122 Å². The maximum atomic E-state index is 12.1. The van der Waals surface area contributed by atoms with E-state index in [4.69, 9.17) is 18.1 Å². The van der Waals surface area contributed by atoms with Gasteiger partial charge >= 0.3 is 0 Å². The Morgan fingerprint density at radius 3 is 0.703 bits per heavy atom. The number of phosphoric acid groups is 2. The Kier molecular flexibility index (Phi) is 42.0. The SMILES string of the molecule is CN(C)CCC[N+](C)(C)CCOP(=O)([O-])OCCCCCCCCCCCCCCCCCCCCCCCCCCCCCCCCOP(=O)([O-])OCC[N+](C)(C)CCCN(C)C. The Morgan fingerprint density at radius 2 is 0.500 bits per heavy atom. The maximum Gasteiger partial charge on any atom is 0.268 e. The molecule has 0 bridgehead atoms. The fraction of sp³-hybridized carbons (Fsp3) is 1.00. The molecule has 64 heavy (non-hydrogen) atoms.